The van der Waals surface area contributed by atoms with Crippen LogP contribution in [0.2, 0.25) is 0 Å². The smallest absolute Gasteiger partial charge is 0.387 e. The van der Waals surface area contributed by atoms with Crippen molar-refractivity contribution in [3.63, 3.8) is 0 Å². The number of benzene rings is 1. The van der Waals surface area contributed by atoms with Gasteiger partial charge in [-0.25, -0.2) is 0 Å². The van der Waals surface area contributed by atoms with Crippen LogP contribution in [0.5, 0.6) is 5.75 Å². The normalized spacial score (nSPS) is 12.6. The fourth-order valence-electron chi connectivity index (χ4n) is 1.25. The van der Waals surface area contributed by atoms with Gasteiger partial charge in [0.1, 0.15) is 5.75 Å². The summed E-state index contributed by atoms with van der Waals surface area (Å²) in [6.07, 6.45) is 0. The minimum Gasteiger partial charge on any atom is -0.434 e. The van der Waals surface area contributed by atoms with Crippen LogP contribution in [0, 0.1) is 6.92 Å². The molecular formula is C11H11ClF2O2. The zero-order valence-electron chi connectivity index (χ0n) is 8.84. The molecule has 1 atom stereocenters. The highest BCUT2D eigenvalue weighted by Gasteiger charge is 2.19. The van der Waals surface area contributed by atoms with Gasteiger partial charge in [-0.1, -0.05) is 11.6 Å². The average Bonchev–Trinajstić information content (AvgIpc) is 2.18. The number of carbonyl (C=O) groups is 1. The summed E-state index contributed by atoms with van der Waals surface area (Å²) in [5, 5.41) is -0.776. The van der Waals surface area contributed by atoms with E-state index in [2.05, 4.69) is 4.74 Å². The van der Waals surface area contributed by atoms with Crippen molar-refractivity contribution in [3.8, 4) is 5.75 Å². The zero-order chi connectivity index (χ0) is 12.3. The Hall–Kier alpha value is -1.16. The highest BCUT2D eigenvalue weighted by molar-refractivity contribution is 6.33. The third-order valence-electron chi connectivity index (χ3n) is 1.98. The summed E-state index contributed by atoms with van der Waals surface area (Å²) >= 11 is 5.63. The molecule has 1 aromatic rings. The Morgan fingerprint density at radius 2 is 2.06 bits per heavy atom. The molecular weight excluding hydrogens is 238 g/mol. The van der Waals surface area contributed by atoms with E-state index >= 15 is 0 Å². The van der Waals surface area contributed by atoms with E-state index in [1.807, 2.05) is 0 Å². The van der Waals surface area contributed by atoms with Crippen molar-refractivity contribution in [2.45, 2.75) is 25.8 Å². The number of Topliss-reactive ketones (excluding diaryl/α,β-unsaturated/α-hetero) is 1. The number of aryl methyl sites for hydroxylation is 1. The second-order valence-electron chi connectivity index (χ2n) is 3.36. The molecule has 0 heterocycles. The van der Waals surface area contributed by atoms with Crippen LogP contribution in [0.15, 0.2) is 18.2 Å². The summed E-state index contributed by atoms with van der Waals surface area (Å²) in [5.41, 5.74) is 0.866. The first-order valence-electron chi connectivity index (χ1n) is 4.65. The molecule has 0 aromatic heterocycles. The molecule has 0 spiro atoms. The van der Waals surface area contributed by atoms with Crippen LogP contribution in [-0.2, 0) is 0 Å². The summed E-state index contributed by atoms with van der Waals surface area (Å²) in [4.78, 5) is 11.6. The molecule has 0 N–H and O–H groups in total. The quantitative estimate of drug-likeness (QED) is 0.603. The molecule has 0 aliphatic rings. The summed E-state index contributed by atoms with van der Waals surface area (Å²) in [5.74, 6) is -0.570. The summed E-state index contributed by atoms with van der Waals surface area (Å²) < 4.78 is 28.5. The average molecular weight is 249 g/mol. The Kier molecular flexibility index (Phi) is 4.24. The molecule has 0 amide bonds. The Morgan fingerprint density at radius 1 is 1.44 bits per heavy atom. The SMILES string of the molecule is Cc1ccc(OC(F)F)c(C(=O)C(C)Cl)c1. The fraction of sp³-hybridized carbons (Fsp3) is 0.364. The van der Waals surface area contributed by atoms with Crippen molar-refractivity contribution in [1.29, 1.82) is 0 Å². The van der Waals surface area contributed by atoms with Crippen LogP contribution < -0.4 is 4.74 Å². The van der Waals surface area contributed by atoms with Crippen molar-refractivity contribution >= 4 is 17.4 Å². The minimum absolute atomic E-state index is 0.0859. The van der Waals surface area contributed by atoms with Gasteiger partial charge in [0.15, 0.2) is 5.78 Å². The Balaban J connectivity index is 3.12. The van der Waals surface area contributed by atoms with Gasteiger partial charge in [0.25, 0.3) is 0 Å². The van der Waals surface area contributed by atoms with Crippen LogP contribution >= 0.6 is 11.6 Å². The van der Waals surface area contributed by atoms with Crippen molar-refractivity contribution < 1.29 is 18.3 Å². The van der Waals surface area contributed by atoms with Gasteiger partial charge in [-0.15, -0.1) is 11.6 Å². The van der Waals surface area contributed by atoms with Gasteiger partial charge in [-0.05, 0) is 26.0 Å². The molecule has 0 aliphatic heterocycles. The lowest BCUT2D eigenvalue weighted by Gasteiger charge is -2.11. The molecule has 2 nitrogen and oxygen atoms in total. The number of carbonyl (C=O) groups excluding carboxylic acids is 1. The monoisotopic (exact) mass is 248 g/mol. The van der Waals surface area contributed by atoms with E-state index < -0.39 is 17.8 Å². The predicted octanol–water partition coefficient (Wildman–Crippen LogP) is 3.41. The number of ketones is 1. The van der Waals surface area contributed by atoms with Gasteiger partial charge in [-0.2, -0.15) is 8.78 Å². The van der Waals surface area contributed by atoms with Crippen molar-refractivity contribution in [2.24, 2.45) is 0 Å². The maximum absolute atomic E-state index is 12.1. The van der Waals surface area contributed by atoms with Crippen molar-refractivity contribution in [3.05, 3.63) is 29.3 Å². The predicted molar refractivity (Wildman–Crippen MR) is 57.5 cm³/mol. The molecule has 1 aromatic carbocycles. The largest absolute Gasteiger partial charge is 0.434 e. The minimum atomic E-state index is -2.96. The topological polar surface area (TPSA) is 26.3 Å². The Labute approximate surface area is 97.2 Å². The molecule has 1 rings (SSSR count). The lowest BCUT2D eigenvalue weighted by molar-refractivity contribution is -0.0501. The Bertz CT molecular complexity index is 392. The first-order valence-corrected chi connectivity index (χ1v) is 5.09. The molecule has 5 heteroatoms. The second-order valence-corrected chi connectivity index (χ2v) is 4.01. The number of halogens is 3. The van der Waals surface area contributed by atoms with Gasteiger partial charge in [0.05, 0.1) is 10.9 Å². The standard InChI is InChI=1S/C11H11ClF2O2/c1-6-3-4-9(16-11(13)14)8(5-6)10(15)7(2)12/h3-5,7,11H,1-2H3. The third kappa shape index (κ3) is 3.17. The van der Waals surface area contributed by atoms with Gasteiger partial charge in [-0.3, -0.25) is 4.79 Å². The maximum Gasteiger partial charge on any atom is 0.387 e. The van der Waals surface area contributed by atoms with E-state index in [1.54, 1.807) is 13.0 Å². The molecule has 0 aliphatic carbocycles. The first kappa shape index (κ1) is 12.9. The van der Waals surface area contributed by atoms with E-state index in [1.165, 1.54) is 19.1 Å². The van der Waals surface area contributed by atoms with E-state index in [4.69, 9.17) is 11.6 Å². The van der Waals surface area contributed by atoms with Crippen LogP contribution in [0.4, 0.5) is 8.78 Å². The number of hydrogen-bond acceptors (Lipinski definition) is 2. The number of hydrogen-bond donors (Lipinski definition) is 0. The van der Waals surface area contributed by atoms with E-state index in [9.17, 15) is 13.6 Å². The lowest BCUT2D eigenvalue weighted by Crippen LogP contribution is -2.14. The molecule has 0 bridgehead atoms. The van der Waals surface area contributed by atoms with Crippen LogP contribution in [0.25, 0.3) is 0 Å². The highest BCUT2D eigenvalue weighted by atomic mass is 35.5. The van der Waals surface area contributed by atoms with Gasteiger partial charge in [0, 0.05) is 0 Å². The van der Waals surface area contributed by atoms with Crippen molar-refractivity contribution in [1.82, 2.24) is 0 Å². The second kappa shape index (κ2) is 5.25. The van der Waals surface area contributed by atoms with Crippen molar-refractivity contribution in [2.75, 3.05) is 0 Å². The molecule has 0 saturated heterocycles. The maximum atomic E-state index is 12.1. The van der Waals surface area contributed by atoms with Crippen LogP contribution in [0.3, 0.4) is 0 Å². The summed E-state index contributed by atoms with van der Waals surface area (Å²) in [6.45, 7) is 0.278. The highest BCUT2D eigenvalue weighted by Crippen LogP contribution is 2.24. The van der Waals surface area contributed by atoms with Gasteiger partial charge in [0.2, 0.25) is 0 Å². The molecule has 16 heavy (non-hydrogen) atoms. The molecule has 0 radical (unpaired) electrons. The number of alkyl halides is 3. The summed E-state index contributed by atoms with van der Waals surface area (Å²) in [7, 11) is 0. The molecule has 1 unspecified atom stereocenters. The number of ether oxygens (including phenoxy) is 1. The number of rotatable bonds is 4. The van der Waals surface area contributed by atoms with Gasteiger partial charge >= 0.3 is 6.61 Å². The lowest BCUT2D eigenvalue weighted by atomic mass is 10.0. The fourth-order valence-corrected chi connectivity index (χ4v) is 1.37. The molecule has 88 valence electrons. The summed E-state index contributed by atoms with van der Waals surface area (Å²) in [6, 6.07) is 4.42. The molecule has 0 saturated carbocycles. The van der Waals surface area contributed by atoms with Crippen LogP contribution in [-0.4, -0.2) is 17.8 Å². The van der Waals surface area contributed by atoms with E-state index in [0.29, 0.717) is 0 Å². The zero-order valence-corrected chi connectivity index (χ0v) is 9.59. The first-order chi connectivity index (χ1) is 7.41. The van der Waals surface area contributed by atoms with E-state index in [-0.39, 0.29) is 11.3 Å². The Morgan fingerprint density at radius 3 is 2.56 bits per heavy atom. The van der Waals surface area contributed by atoms with E-state index in [0.717, 1.165) is 5.56 Å². The van der Waals surface area contributed by atoms with Gasteiger partial charge < -0.3 is 4.74 Å². The molecule has 0 fully saturated rings. The van der Waals surface area contributed by atoms with Crippen LogP contribution in [0.1, 0.15) is 22.8 Å². The third-order valence-corrected chi connectivity index (χ3v) is 2.18.